The average Bonchev–Trinajstić information content (AvgIpc) is 2.29. The molecule has 1 heterocycles. The van der Waals surface area contributed by atoms with Crippen molar-refractivity contribution in [3.8, 4) is 0 Å². The predicted octanol–water partition coefficient (Wildman–Crippen LogP) is 0.300. The van der Waals surface area contributed by atoms with Gasteiger partial charge < -0.3 is 10.0 Å². The maximum atomic E-state index is 13.2. The second kappa shape index (κ2) is 5.62. The second-order valence-electron chi connectivity index (χ2n) is 4.59. The molecule has 0 aromatic heterocycles. The fraction of sp³-hybridized carbons (Fsp3) is 0.500. The Bertz CT molecular complexity index is 358. The van der Waals surface area contributed by atoms with Crippen LogP contribution in [0.15, 0.2) is 24.3 Å². The van der Waals surface area contributed by atoms with Crippen LogP contribution in [0.25, 0.3) is 0 Å². The number of hydrogen-bond donors (Lipinski definition) is 2. The number of likely N-dealkylation sites (tertiary alicyclic amines) is 1. The summed E-state index contributed by atoms with van der Waals surface area (Å²) in [4.78, 5) is 2.10. The van der Waals surface area contributed by atoms with E-state index in [0.717, 1.165) is 25.1 Å². The molecular weight excluding hydrogens is 220 g/mol. The summed E-state index contributed by atoms with van der Waals surface area (Å²) in [6, 6.07) is 7.10. The van der Waals surface area contributed by atoms with E-state index in [1.165, 1.54) is 0 Å². The molecule has 1 atom stereocenters. The summed E-state index contributed by atoms with van der Waals surface area (Å²) < 4.78 is 13.2. The molecule has 2 rings (SSSR count). The molecule has 1 fully saturated rings. The number of hydrogen-bond acceptors (Lipinski definition) is 3. The van der Waals surface area contributed by atoms with E-state index in [-0.39, 0.29) is 0 Å². The van der Waals surface area contributed by atoms with Gasteiger partial charge in [-0.2, -0.15) is 0 Å². The summed E-state index contributed by atoms with van der Waals surface area (Å²) >= 11 is 0. The molecule has 5 heteroatoms. The first-order valence-corrected chi connectivity index (χ1v) is 5.96. The maximum Gasteiger partial charge on any atom is 0.488 e. The number of halogens is 1. The van der Waals surface area contributed by atoms with Crippen molar-refractivity contribution in [3.63, 3.8) is 0 Å². The number of alkyl halides is 1. The van der Waals surface area contributed by atoms with Crippen LogP contribution >= 0.6 is 0 Å². The summed E-state index contributed by atoms with van der Waals surface area (Å²) in [6.45, 7) is 2.16. The van der Waals surface area contributed by atoms with Gasteiger partial charge in [0.2, 0.25) is 0 Å². The van der Waals surface area contributed by atoms with Crippen LogP contribution in [-0.2, 0) is 6.54 Å². The van der Waals surface area contributed by atoms with Crippen molar-refractivity contribution in [3.05, 3.63) is 29.8 Å². The summed E-state index contributed by atoms with van der Waals surface area (Å²) in [7, 11) is -1.42. The fourth-order valence-electron chi connectivity index (χ4n) is 2.20. The van der Waals surface area contributed by atoms with Crippen molar-refractivity contribution in [2.45, 2.75) is 25.6 Å². The third-order valence-corrected chi connectivity index (χ3v) is 3.13. The Balaban J connectivity index is 1.94. The Labute approximate surface area is 101 Å². The molecule has 0 bridgehead atoms. The van der Waals surface area contributed by atoms with Gasteiger partial charge in [-0.3, -0.25) is 4.90 Å². The van der Waals surface area contributed by atoms with Crippen LogP contribution in [0.4, 0.5) is 4.39 Å². The molecular formula is C12H17BFNO2. The highest BCUT2D eigenvalue weighted by atomic mass is 19.1. The monoisotopic (exact) mass is 237 g/mol. The zero-order chi connectivity index (χ0) is 12.3. The Morgan fingerprint density at radius 3 is 2.59 bits per heavy atom. The number of rotatable bonds is 3. The smallest absolute Gasteiger partial charge is 0.423 e. The highest BCUT2D eigenvalue weighted by molar-refractivity contribution is 6.58. The van der Waals surface area contributed by atoms with Gasteiger partial charge in [0.25, 0.3) is 0 Å². The van der Waals surface area contributed by atoms with Crippen LogP contribution in [-0.4, -0.2) is 41.3 Å². The minimum atomic E-state index is -1.42. The topological polar surface area (TPSA) is 43.7 Å². The first kappa shape index (κ1) is 12.5. The summed E-state index contributed by atoms with van der Waals surface area (Å²) in [6.07, 6.45) is 0.878. The second-order valence-corrected chi connectivity index (χ2v) is 4.59. The molecule has 2 N–H and O–H groups in total. The average molecular weight is 237 g/mol. The van der Waals surface area contributed by atoms with Crippen molar-refractivity contribution in [2.24, 2.45) is 0 Å². The number of piperidine rings is 1. The van der Waals surface area contributed by atoms with Crippen LogP contribution in [0.2, 0.25) is 0 Å². The van der Waals surface area contributed by atoms with Crippen LogP contribution < -0.4 is 5.46 Å². The third-order valence-electron chi connectivity index (χ3n) is 3.13. The molecule has 1 unspecified atom stereocenters. The SMILES string of the molecule is OB(O)c1ccc(CN2CCCC(F)C2)cc1. The molecule has 1 aliphatic rings. The molecule has 0 saturated carbocycles. The van der Waals surface area contributed by atoms with Gasteiger partial charge in [0.15, 0.2) is 0 Å². The predicted molar refractivity (Wildman–Crippen MR) is 65.7 cm³/mol. The molecule has 0 spiro atoms. The van der Waals surface area contributed by atoms with E-state index in [0.29, 0.717) is 18.4 Å². The molecule has 92 valence electrons. The van der Waals surface area contributed by atoms with Gasteiger partial charge >= 0.3 is 7.12 Å². The largest absolute Gasteiger partial charge is 0.488 e. The summed E-state index contributed by atoms with van der Waals surface area (Å²) in [5.41, 5.74) is 1.55. The third kappa shape index (κ3) is 3.53. The molecule has 0 radical (unpaired) electrons. The van der Waals surface area contributed by atoms with E-state index >= 15 is 0 Å². The molecule has 3 nitrogen and oxygen atoms in total. The summed E-state index contributed by atoms with van der Waals surface area (Å²) in [5.74, 6) is 0. The van der Waals surface area contributed by atoms with Crippen LogP contribution in [0, 0.1) is 0 Å². The summed E-state index contributed by atoms with van der Waals surface area (Å²) in [5, 5.41) is 17.9. The minimum Gasteiger partial charge on any atom is -0.423 e. The van der Waals surface area contributed by atoms with Gasteiger partial charge in [-0.1, -0.05) is 24.3 Å². The molecule has 1 aliphatic heterocycles. The van der Waals surface area contributed by atoms with E-state index in [4.69, 9.17) is 10.0 Å². The highest BCUT2D eigenvalue weighted by Crippen LogP contribution is 2.15. The zero-order valence-electron chi connectivity index (χ0n) is 9.72. The Morgan fingerprint density at radius 1 is 1.29 bits per heavy atom. The van der Waals surface area contributed by atoms with E-state index in [2.05, 4.69) is 4.90 Å². The van der Waals surface area contributed by atoms with E-state index in [1.807, 2.05) is 12.1 Å². The Hall–Kier alpha value is -0.905. The highest BCUT2D eigenvalue weighted by Gasteiger charge is 2.19. The van der Waals surface area contributed by atoms with Crippen molar-refractivity contribution < 1.29 is 14.4 Å². The van der Waals surface area contributed by atoms with Crippen LogP contribution in [0.5, 0.6) is 0 Å². The fourth-order valence-corrected chi connectivity index (χ4v) is 2.20. The molecule has 0 aliphatic carbocycles. The lowest BCUT2D eigenvalue weighted by Crippen LogP contribution is -2.36. The Morgan fingerprint density at radius 2 is 2.00 bits per heavy atom. The van der Waals surface area contributed by atoms with Gasteiger partial charge in [-0.25, -0.2) is 4.39 Å². The molecule has 0 amide bonds. The first-order chi connectivity index (χ1) is 8.15. The molecule has 1 aromatic carbocycles. The van der Waals surface area contributed by atoms with E-state index < -0.39 is 13.3 Å². The lowest BCUT2D eigenvalue weighted by atomic mass is 9.80. The normalized spacial score (nSPS) is 21.5. The van der Waals surface area contributed by atoms with E-state index in [9.17, 15) is 4.39 Å². The van der Waals surface area contributed by atoms with Crippen LogP contribution in [0.3, 0.4) is 0 Å². The first-order valence-electron chi connectivity index (χ1n) is 5.96. The molecule has 1 aromatic rings. The Kier molecular flexibility index (Phi) is 4.15. The maximum absolute atomic E-state index is 13.2. The van der Waals surface area contributed by atoms with Gasteiger partial charge in [-0.05, 0) is 30.4 Å². The number of nitrogens with zero attached hydrogens (tertiary/aromatic N) is 1. The lowest BCUT2D eigenvalue weighted by Gasteiger charge is -2.28. The van der Waals surface area contributed by atoms with Gasteiger partial charge in [0.05, 0.1) is 0 Å². The van der Waals surface area contributed by atoms with Gasteiger partial charge in [-0.15, -0.1) is 0 Å². The number of benzene rings is 1. The van der Waals surface area contributed by atoms with Gasteiger partial charge in [0.1, 0.15) is 6.17 Å². The quantitative estimate of drug-likeness (QED) is 0.743. The van der Waals surface area contributed by atoms with Crippen molar-refractivity contribution >= 4 is 12.6 Å². The lowest BCUT2D eigenvalue weighted by molar-refractivity contribution is 0.133. The molecule has 1 saturated heterocycles. The standard InChI is InChI=1S/C12H17BFNO2/c14-12-2-1-7-15(9-12)8-10-3-5-11(6-4-10)13(16)17/h3-6,12,16-17H,1-2,7-9H2. The van der Waals surface area contributed by atoms with Crippen molar-refractivity contribution in [1.29, 1.82) is 0 Å². The van der Waals surface area contributed by atoms with Crippen molar-refractivity contribution in [2.75, 3.05) is 13.1 Å². The molecule has 17 heavy (non-hydrogen) atoms. The van der Waals surface area contributed by atoms with Gasteiger partial charge in [0, 0.05) is 13.1 Å². The van der Waals surface area contributed by atoms with Crippen LogP contribution in [0.1, 0.15) is 18.4 Å². The van der Waals surface area contributed by atoms with Crippen molar-refractivity contribution in [1.82, 2.24) is 4.90 Å². The zero-order valence-corrected chi connectivity index (χ0v) is 9.72. The van der Waals surface area contributed by atoms with E-state index in [1.54, 1.807) is 12.1 Å². The minimum absolute atomic E-state index is 0.482.